The molecule has 1 aromatic rings. The highest BCUT2D eigenvalue weighted by atomic mass is 35.7. The molecule has 1 rings (SSSR count). The topological polar surface area (TPSA) is 25.8 Å². The number of aromatic nitrogens is 2. The maximum absolute atomic E-state index is 5.53. The number of halogens is 4. The van der Waals surface area contributed by atoms with E-state index in [0.717, 1.165) is 0 Å². The summed E-state index contributed by atoms with van der Waals surface area (Å²) in [5.74, 6) is 0.149. The van der Waals surface area contributed by atoms with Gasteiger partial charge in [-0.2, -0.15) is 4.98 Å². The molecule has 0 spiro atoms. The Balaban J connectivity index is 2.96. The molecule has 1 atom stereocenters. The predicted molar refractivity (Wildman–Crippen MR) is 45.0 cm³/mol. The van der Waals surface area contributed by atoms with Gasteiger partial charge in [0.2, 0.25) is 26.4 Å². The maximum Gasteiger partial charge on any atom is 0.277 e. The molecular weight excluding hydrogens is 238 g/mol. The van der Waals surface area contributed by atoms with E-state index in [1.807, 2.05) is 0 Å². The van der Waals surface area contributed by atoms with Crippen LogP contribution in [0.15, 0.2) is 5.51 Å². The Morgan fingerprint density at radius 3 is 2.20 bits per heavy atom. The van der Waals surface area contributed by atoms with Gasteiger partial charge in [-0.25, -0.2) is 0 Å². The van der Waals surface area contributed by atoms with Crippen molar-refractivity contribution in [3.05, 3.63) is 11.3 Å². The molecule has 1 aromatic heterocycles. The summed E-state index contributed by atoms with van der Waals surface area (Å²) in [6.45, 7) is 0. The first-order chi connectivity index (χ1) is 4.50. The minimum atomic E-state index is -1.55. The zero-order valence-corrected chi connectivity index (χ0v) is 8.23. The van der Waals surface area contributed by atoms with Gasteiger partial charge in [0.05, 0.1) is 0 Å². The highest BCUT2D eigenvalue weighted by molar-refractivity contribution is 7.57. The first-order valence-corrected chi connectivity index (χ1v) is 5.30. The Labute approximate surface area is 79.7 Å². The lowest BCUT2D eigenvalue weighted by Crippen LogP contribution is -2.01. The third-order valence-corrected chi connectivity index (χ3v) is 2.27. The maximum atomic E-state index is 5.53. The van der Waals surface area contributed by atoms with Gasteiger partial charge in [-0.1, -0.05) is 34.8 Å². The Hall–Kier alpha value is 0.720. The summed E-state index contributed by atoms with van der Waals surface area (Å²) in [5, 5.41) is 0. The molecule has 0 radical (unpaired) electrons. The van der Waals surface area contributed by atoms with Crippen LogP contribution in [0.4, 0.5) is 0 Å². The Kier molecular flexibility index (Phi) is 2.64. The molecule has 10 heavy (non-hydrogen) atoms. The minimum absolute atomic E-state index is 0.149. The van der Waals surface area contributed by atoms with E-state index in [-0.39, 0.29) is 5.82 Å². The SMILES string of the molecule is Cl[s+]1cnc(C(Cl)(Cl)Cl)n1. The van der Waals surface area contributed by atoms with E-state index >= 15 is 0 Å². The summed E-state index contributed by atoms with van der Waals surface area (Å²) >= 11 is 16.3. The van der Waals surface area contributed by atoms with Gasteiger partial charge in [0, 0.05) is 4.37 Å². The molecule has 0 fully saturated rings. The molecule has 0 bridgehead atoms. The summed E-state index contributed by atoms with van der Waals surface area (Å²) in [6.07, 6.45) is 0. The lowest BCUT2D eigenvalue weighted by atomic mass is 10.7. The molecule has 0 saturated carbocycles. The predicted octanol–water partition coefficient (Wildman–Crippen LogP) is 3.05. The van der Waals surface area contributed by atoms with Crippen molar-refractivity contribution in [3.8, 4) is 0 Å². The first kappa shape index (κ1) is 8.81. The van der Waals surface area contributed by atoms with Crippen molar-refractivity contribution in [2.45, 2.75) is 3.79 Å². The normalized spacial score (nSPS) is 13.8. The summed E-state index contributed by atoms with van der Waals surface area (Å²) < 4.78 is 2.20. The number of rotatable bonds is 0. The van der Waals surface area contributed by atoms with Gasteiger partial charge in [0.25, 0.3) is 9.30 Å². The molecule has 0 amide bonds. The standard InChI is InChI=1S/C3HCl4N2S/c4-3(5,6)2-8-1-10(7)9-2/h1H/q+1. The van der Waals surface area contributed by atoms with E-state index in [2.05, 4.69) is 9.36 Å². The van der Waals surface area contributed by atoms with Crippen LogP contribution in [0.2, 0.25) is 0 Å². The highest BCUT2D eigenvalue weighted by Gasteiger charge is 2.31. The summed E-state index contributed by atoms with van der Waals surface area (Å²) in [7, 11) is 4.79. The number of hydrogen-bond donors (Lipinski definition) is 0. The van der Waals surface area contributed by atoms with E-state index in [1.54, 1.807) is 0 Å². The van der Waals surface area contributed by atoms with Gasteiger partial charge in [0.1, 0.15) is 0 Å². The Morgan fingerprint density at radius 2 is 2.00 bits per heavy atom. The molecule has 0 aliphatic rings. The van der Waals surface area contributed by atoms with Crippen LogP contribution in [0, 0.1) is 0 Å². The molecular formula is C3HCl4N2S+. The fourth-order valence-electron chi connectivity index (χ4n) is 0.348. The molecule has 1 heterocycles. The van der Waals surface area contributed by atoms with Crippen molar-refractivity contribution in [2.75, 3.05) is 0 Å². The number of hydrogen-bond acceptors (Lipinski definition) is 2. The van der Waals surface area contributed by atoms with Crippen LogP contribution >= 0.6 is 55.4 Å². The van der Waals surface area contributed by atoms with Crippen LogP contribution in [0.5, 0.6) is 0 Å². The van der Waals surface area contributed by atoms with Crippen molar-refractivity contribution in [1.82, 2.24) is 9.36 Å². The molecule has 56 valence electrons. The minimum Gasteiger partial charge on any atom is -0.176 e. The van der Waals surface area contributed by atoms with Crippen LogP contribution < -0.4 is 0 Å². The zero-order chi connectivity index (χ0) is 7.78. The van der Waals surface area contributed by atoms with Gasteiger partial charge in [-0.15, -0.1) is 0 Å². The highest BCUT2D eigenvalue weighted by Crippen LogP contribution is 2.37. The molecule has 0 saturated heterocycles. The largest absolute Gasteiger partial charge is 0.277 e. The molecule has 0 aliphatic carbocycles. The fraction of sp³-hybridized carbons (Fsp3) is 0.333. The third kappa shape index (κ3) is 2.10. The second-order valence-electron chi connectivity index (χ2n) is 1.41. The fourth-order valence-corrected chi connectivity index (χ4v) is 1.67. The molecule has 0 aromatic carbocycles. The van der Waals surface area contributed by atoms with Crippen LogP contribution in [0.25, 0.3) is 0 Å². The summed E-state index contributed by atoms with van der Waals surface area (Å²) in [5.41, 5.74) is 1.43. The van der Waals surface area contributed by atoms with Crippen molar-refractivity contribution in [1.29, 1.82) is 0 Å². The van der Waals surface area contributed by atoms with Crippen molar-refractivity contribution in [3.63, 3.8) is 0 Å². The molecule has 0 aliphatic heterocycles. The Morgan fingerprint density at radius 1 is 1.40 bits per heavy atom. The van der Waals surface area contributed by atoms with Crippen molar-refractivity contribution < 1.29 is 0 Å². The average Bonchev–Trinajstić information content (AvgIpc) is 2.11. The zero-order valence-electron chi connectivity index (χ0n) is 4.39. The van der Waals surface area contributed by atoms with E-state index in [1.165, 1.54) is 5.51 Å². The second-order valence-corrected chi connectivity index (χ2v) is 5.56. The van der Waals surface area contributed by atoms with Gasteiger partial charge in [-0.05, 0) is 0 Å². The average molecular weight is 239 g/mol. The van der Waals surface area contributed by atoms with Crippen LogP contribution in [-0.2, 0) is 3.79 Å². The lowest BCUT2D eigenvalue weighted by Gasteiger charge is -2.00. The van der Waals surface area contributed by atoms with Crippen LogP contribution in [0.1, 0.15) is 5.82 Å². The molecule has 2 nitrogen and oxygen atoms in total. The van der Waals surface area contributed by atoms with Gasteiger partial charge >= 0.3 is 0 Å². The van der Waals surface area contributed by atoms with Gasteiger partial charge < -0.3 is 0 Å². The van der Waals surface area contributed by atoms with E-state index in [4.69, 9.17) is 45.5 Å². The smallest absolute Gasteiger partial charge is 0.176 e. The quantitative estimate of drug-likeness (QED) is 0.513. The van der Waals surface area contributed by atoms with Crippen molar-refractivity contribution in [2.24, 2.45) is 0 Å². The lowest BCUT2D eigenvalue weighted by molar-refractivity contribution is 1.05. The molecule has 0 N–H and O–H groups in total. The summed E-state index contributed by atoms with van der Waals surface area (Å²) in [4.78, 5) is 3.70. The van der Waals surface area contributed by atoms with Gasteiger partial charge in [-0.3, -0.25) is 0 Å². The second kappa shape index (κ2) is 2.99. The van der Waals surface area contributed by atoms with E-state index in [9.17, 15) is 0 Å². The van der Waals surface area contributed by atoms with Crippen LogP contribution in [-0.4, -0.2) is 9.36 Å². The molecule has 7 heteroatoms. The Bertz CT molecular complexity index is 229. The number of alkyl halides is 3. The summed E-state index contributed by atoms with van der Waals surface area (Å²) in [6, 6.07) is 0. The van der Waals surface area contributed by atoms with E-state index in [0.29, 0.717) is 0 Å². The molecule has 1 unspecified atom stereocenters. The van der Waals surface area contributed by atoms with Crippen molar-refractivity contribution >= 4 is 55.4 Å². The first-order valence-electron chi connectivity index (χ1n) is 2.09. The van der Waals surface area contributed by atoms with Gasteiger partial charge in [0.15, 0.2) is 0 Å². The third-order valence-electron chi connectivity index (χ3n) is 0.689. The monoisotopic (exact) mass is 237 g/mol. The van der Waals surface area contributed by atoms with E-state index < -0.39 is 13.7 Å². The number of nitrogens with zero attached hydrogens (tertiary/aromatic N) is 2. The van der Waals surface area contributed by atoms with Crippen LogP contribution in [0.3, 0.4) is 0 Å².